The molecule has 0 radical (unpaired) electrons. The molecule has 2 atom stereocenters. The maximum atomic E-state index is 12.4. The summed E-state index contributed by atoms with van der Waals surface area (Å²) in [4.78, 5) is 23.0. The fourth-order valence-electron chi connectivity index (χ4n) is 2.73. The average molecular weight is 340 g/mol. The van der Waals surface area contributed by atoms with E-state index in [1.165, 1.54) is 0 Å². The lowest BCUT2D eigenvalue weighted by atomic mass is 9.99. The molecule has 1 fully saturated rings. The van der Waals surface area contributed by atoms with Crippen LogP contribution in [0.5, 0.6) is 0 Å². The van der Waals surface area contributed by atoms with Gasteiger partial charge in [-0.15, -0.1) is 0 Å². The van der Waals surface area contributed by atoms with E-state index in [0.29, 0.717) is 24.5 Å². The number of anilines is 1. The molecular weight excluding hydrogens is 318 g/mol. The van der Waals surface area contributed by atoms with Gasteiger partial charge in [0.1, 0.15) is 0 Å². The van der Waals surface area contributed by atoms with Crippen molar-refractivity contribution in [1.82, 2.24) is 0 Å². The Morgan fingerprint density at radius 1 is 1.43 bits per heavy atom. The van der Waals surface area contributed by atoms with Crippen LogP contribution in [0.1, 0.15) is 44.6 Å². The van der Waals surface area contributed by atoms with E-state index in [1.54, 1.807) is 6.07 Å². The van der Waals surface area contributed by atoms with Crippen LogP contribution in [-0.4, -0.2) is 29.7 Å². The second-order valence-electron chi connectivity index (χ2n) is 6.20. The number of carboxylic acids is 1. The Morgan fingerprint density at radius 3 is 2.83 bits per heavy atom. The highest BCUT2D eigenvalue weighted by atomic mass is 35.5. The molecule has 0 aromatic heterocycles. The Labute approximate surface area is 141 Å². The monoisotopic (exact) mass is 339 g/mol. The molecule has 0 spiro atoms. The Morgan fingerprint density at radius 2 is 2.17 bits per heavy atom. The molecule has 1 heterocycles. The lowest BCUT2D eigenvalue weighted by molar-refractivity contribution is -0.137. The van der Waals surface area contributed by atoms with Crippen LogP contribution >= 0.6 is 11.6 Å². The van der Waals surface area contributed by atoms with Gasteiger partial charge in [0.15, 0.2) is 0 Å². The van der Waals surface area contributed by atoms with E-state index in [-0.39, 0.29) is 30.3 Å². The summed E-state index contributed by atoms with van der Waals surface area (Å²) in [5, 5.41) is 12.3. The van der Waals surface area contributed by atoms with Crippen LogP contribution in [0, 0.1) is 5.92 Å². The van der Waals surface area contributed by atoms with E-state index in [1.807, 2.05) is 26.0 Å². The molecular formula is C17H22ClNO4. The summed E-state index contributed by atoms with van der Waals surface area (Å²) >= 11 is 6.02. The first-order valence-corrected chi connectivity index (χ1v) is 8.18. The summed E-state index contributed by atoms with van der Waals surface area (Å²) in [6.45, 7) is 4.42. The number of rotatable bonds is 6. The molecule has 2 rings (SSSR count). The van der Waals surface area contributed by atoms with Crippen molar-refractivity contribution in [1.29, 1.82) is 0 Å². The quantitative estimate of drug-likeness (QED) is 0.829. The number of nitrogens with one attached hydrogen (secondary N) is 1. The highest BCUT2D eigenvalue weighted by Gasteiger charge is 2.31. The van der Waals surface area contributed by atoms with E-state index in [4.69, 9.17) is 21.4 Å². The number of carbonyl (C=O) groups excluding carboxylic acids is 1. The normalized spacial score (nSPS) is 20.7. The van der Waals surface area contributed by atoms with Crippen molar-refractivity contribution < 1.29 is 19.4 Å². The standard InChI is InChI=1S/C17H22ClNO4/c1-10(2)14-8-12(18)3-5-15(14)19-17(22)11-7-13(23-9-11)4-6-16(20)21/h3,5,8,10-11,13H,4,6-7,9H2,1-2H3,(H,19,22)(H,20,21). The molecule has 2 N–H and O–H groups in total. The number of hydrogen-bond donors (Lipinski definition) is 2. The van der Waals surface area contributed by atoms with Crippen molar-refractivity contribution in [3.05, 3.63) is 28.8 Å². The van der Waals surface area contributed by atoms with Crippen molar-refractivity contribution >= 4 is 29.2 Å². The third-order valence-corrected chi connectivity index (χ3v) is 4.26. The molecule has 6 heteroatoms. The fraction of sp³-hybridized carbons (Fsp3) is 0.529. The first-order chi connectivity index (χ1) is 10.9. The summed E-state index contributed by atoms with van der Waals surface area (Å²) in [6, 6.07) is 5.43. The largest absolute Gasteiger partial charge is 0.481 e. The Kier molecular flexibility index (Phi) is 6.02. The van der Waals surface area contributed by atoms with Gasteiger partial charge in [-0.05, 0) is 42.5 Å². The van der Waals surface area contributed by atoms with Gasteiger partial charge >= 0.3 is 5.97 Å². The summed E-state index contributed by atoms with van der Waals surface area (Å²) in [5.41, 5.74) is 1.76. The lowest BCUT2D eigenvalue weighted by Crippen LogP contribution is -2.24. The average Bonchev–Trinajstić information content (AvgIpc) is 2.95. The van der Waals surface area contributed by atoms with Crippen LogP contribution in [-0.2, 0) is 14.3 Å². The predicted molar refractivity (Wildman–Crippen MR) is 88.9 cm³/mol. The van der Waals surface area contributed by atoms with Crippen LogP contribution in [0.2, 0.25) is 5.02 Å². The minimum atomic E-state index is -0.843. The van der Waals surface area contributed by atoms with Gasteiger partial charge in [0.05, 0.1) is 18.6 Å². The molecule has 1 aliphatic heterocycles. The van der Waals surface area contributed by atoms with Crippen molar-refractivity contribution in [2.45, 2.75) is 45.1 Å². The maximum Gasteiger partial charge on any atom is 0.303 e. The molecule has 2 unspecified atom stereocenters. The second kappa shape index (κ2) is 7.79. The van der Waals surface area contributed by atoms with Gasteiger partial charge in [-0.25, -0.2) is 0 Å². The Hall–Kier alpha value is -1.59. The van der Waals surface area contributed by atoms with Gasteiger partial charge in [0.25, 0.3) is 0 Å². The molecule has 5 nitrogen and oxygen atoms in total. The third kappa shape index (κ3) is 4.94. The zero-order valence-corrected chi connectivity index (χ0v) is 14.1. The highest BCUT2D eigenvalue weighted by Crippen LogP contribution is 2.29. The van der Waals surface area contributed by atoms with Gasteiger partial charge in [-0.2, -0.15) is 0 Å². The molecule has 1 aliphatic rings. The van der Waals surface area contributed by atoms with Gasteiger partial charge < -0.3 is 15.2 Å². The first-order valence-electron chi connectivity index (χ1n) is 7.80. The van der Waals surface area contributed by atoms with Gasteiger partial charge in [0, 0.05) is 17.1 Å². The van der Waals surface area contributed by atoms with E-state index < -0.39 is 5.97 Å². The maximum absolute atomic E-state index is 12.4. The Bertz CT molecular complexity index is 588. The number of carboxylic acid groups (broad SMARTS) is 1. The number of hydrogen-bond acceptors (Lipinski definition) is 3. The number of halogens is 1. The van der Waals surface area contributed by atoms with Crippen LogP contribution in [0.4, 0.5) is 5.69 Å². The lowest BCUT2D eigenvalue weighted by Gasteiger charge is -2.16. The predicted octanol–water partition coefficient (Wildman–Crippen LogP) is 3.67. The number of ether oxygens (including phenoxy) is 1. The fourth-order valence-corrected chi connectivity index (χ4v) is 2.91. The second-order valence-corrected chi connectivity index (χ2v) is 6.63. The van der Waals surface area contributed by atoms with Crippen LogP contribution in [0.25, 0.3) is 0 Å². The first kappa shape index (κ1) is 17.8. The summed E-state index contributed by atoms with van der Waals surface area (Å²) in [6.07, 6.45) is 0.908. The van der Waals surface area contributed by atoms with Crippen molar-refractivity contribution in [2.75, 3.05) is 11.9 Å². The summed E-state index contributed by atoms with van der Waals surface area (Å²) in [7, 11) is 0. The van der Waals surface area contributed by atoms with Crippen LogP contribution in [0.3, 0.4) is 0 Å². The molecule has 1 amide bonds. The molecule has 0 aliphatic carbocycles. The molecule has 1 saturated heterocycles. The summed E-state index contributed by atoms with van der Waals surface area (Å²) < 4.78 is 5.53. The minimum absolute atomic E-state index is 0.0632. The molecule has 23 heavy (non-hydrogen) atoms. The SMILES string of the molecule is CC(C)c1cc(Cl)ccc1NC(=O)C1COC(CCC(=O)O)C1. The number of aliphatic carboxylic acids is 1. The van der Waals surface area contributed by atoms with Gasteiger partial charge in [-0.3, -0.25) is 9.59 Å². The van der Waals surface area contributed by atoms with Crippen LogP contribution in [0.15, 0.2) is 18.2 Å². The van der Waals surface area contributed by atoms with Crippen molar-refractivity contribution in [3.63, 3.8) is 0 Å². The summed E-state index contributed by atoms with van der Waals surface area (Å²) in [5.74, 6) is -0.937. The van der Waals surface area contributed by atoms with E-state index >= 15 is 0 Å². The van der Waals surface area contributed by atoms with E-state index in [9.17, 15) is 9.59 Å². The molecule has 1 aromatic carbocycles. The van der Waals surface area contributed by atoms with Crippen LogP contribution < -0.4 is 5.32 Å². The van der Waals surface area contributed by atoms with E-state index in [0.717, 1.165) is 11.3 Å². The molecule has 126 valence electrons. The topological polar surface area (TPSA) is 75.6 Å². The third-order valence-electron chi connectivity index (χ3n) is 4.02. The zero-order valence-electron chi connectivity index (χ0n) is 13.3. The minimum Gasteiger partial charge on any atom is -0.481 e. The number of carbonyl (C=O) groups is 2. The zero-order chi connectivity index (χ0) is 17.0. The highest BCUT2D eigenvalue weighted by molar-refractivity contribution is 6.30. The molecule has 1 aromatic rings. The van der Waals surface area contributed by atoms with Crippen molar-refractivity contribution in [3.8, 4) is 0 Å². The molecule has 0 saturated carbocycles. The van der Waals surface area contributed by atoms with Gasteiger partial charge in [-0.1, -0.05) is 25.4 Å². The Balaban J connectivity index is 1.96. The smallest absolute Gasteiger partial charge is 0.303 e. The van der Waals surface area contributed by atoms with E-state index in [2.05, 4.69) is 5.32 Å². The van der Waals surface area contributed by atoms with Gasteiger partial charge in [0.2, 0.25) is 5.91 Å². The van der Waals surface area contributed by atoms with Crippen molar-refractivity contribution in [2.24, 2.45) is 5.92 Å². The number of amides is 1. The molecule has 0 bridgehead atoms. The number of benzene rings is 1.